The Labute approximate surface area is 88.4 Å². The van der Waals surface area contributed by atoms with Crippen LogP contribution in [-0.4, -0.2) is 47.6 Å². The van der Waals surface area contributed by atoms with Crippen LogP contribution in [0, 0.1) is 5.92 Å². The first-order valence-corrected chi connectivity index (χ1v) is 5.40. The van der Waals surface area contributed by atoms with E-state index >= 15 is 0 Å². The van der Waals surface area contributed by atoms with Gasteiger partial charge in [0.25, 0.3) is 0 Å². The van der Waals surface area contributed by atoms with Crippen LogP contribution in [0.4, 0.5) is 0 Å². The monoisotopic (exact) mass is 212 g/mol. The molecule has 0 bridgehead atoms. The number of carbonyl (C=O) groups excluding carboxylic acids is 2. The Morgan fingerprint density at radius 2 is 2.27 bits per heavy atom. The second-order valence-electron chi connectivity index (χ2n) is 4.19. The highest BCUT2D eigenvalue weighted by Crippen LogP contribution is 2.28. The van der Waals surface area contributed by atoms with Crippen LogP contribution in [0.2, 0.25) is 0 Å². The lowest BCUT2D eigenvalue weighted by Crippen LogP contribution is -2.40. The summed E-state index contributed by atoms with van der Waals surface area (Å²) in [6, 6.07) is 0.306. The average Bonchev–Trinajstić information content (AvgIpc) is 2.96. The number of rotatable bonds is 4. The molecule has 0 spiro atoms. The summed E-state index contributed by atoms with van der Waals surface area (Å²) in [6.07, 6.45) is 2.35. The molecule has 0 aromatic heterocycles. The minimum atomic E-state index is -0.218. The quantitative estimate of drug-likeness (QED) is 0.635. The number of aliphatic hydroxyl groups is 1. The summed E-state index contributed by atoms with van der Waals surface area (Å²) in [7, 11) is 0. The van der Waals surface area contributed by atoms with Crippen LogP contribution >= 0.6 is 0 Å². The SMILES string of the molecule is O=C1CC(C(=O)N(CCO)C2CC2)CN1. The second-order valence-corrected chi connectivity index (χ2v) is 4.19. The number of carbonyl (C=O) groups is 2. The molecule has 0 aromatic carbocycles. The van der Waals surface area contributed by atoms with Crippen LogP contribution in [0.3, 0.4) is 0 Å². The minimum absolute atomic E-state index is 0.00364. The Kier molecular flexibility index (Phi) is 2.90. The maximum atomic E-state index is 12.0. The molecule has 2 amide bonds. The van der Waals surface area contributed by atoms with Gasteiger partial charge >= 0.3 is 0 Å². The zero-order chi connectivity index (χ0) is 10.8. The molecular weight excluding hydrogens is 196 g/mol. The summed E-state index contributed by atoms with van der Waals surface area (Å²) < 4.78 is 0. The van der Waals surface area contributed by atoms with Crippen molar-refractivity contribution in [3.63, 3.8) is 0 Å². The summed E-state index contributed by atoms with van der Waals surface area (Å²) in [6.45, 7) is 0.844. The first-order valence-electron chi connectivity index (χ1n) is 5.40. The molecule has 1 aliphatic carbocycles. The van der Waals surface area contributed by atoms with Gasteiger partial charge in [-0.25, -0.2) is 0 Å². The van der Waals surface area contributed by atoms with Crippen molar-refractivity contribution in [3.05, 3.63) is 0 Å². The summed E-state index contributed by atoms with van der Waals surface area (Å²) in [5.41, 5.74) is 0. The molecule has 15 heavy (non-hydrogen) atoms. The molecule has 1 unspecified atom stereocenters. The smallest absolute Gasteiger partial charge is 0.228 e. The van der Waals surface area contributed by atoms with Gasteiger partial charge in [-0.15, -0.1) is 0 Å². The number of nitrogens with zero attached hydrogens (tertiary/aromatic N) is 1. The van der Waals surface area contributed by atoms with Crippen LogP contribution in [0.15, 0.2) is 0 Å². The van der Waals surface area contributed by atoms with Crippen molar-refractivity contribution >= 4 is 11.8 Å². The zero-order valence-corrected chi connectivity index (χ0v) is 8.61. The number of aliphatic hydroxyl groups excluding tert-OH is 1. The van der Waals surface area contributed by atoms with E-state index in [1.807, 2.05) is 0 Å². The van der Waals surface area contributed by atoms with Crippen molar-refractivity contribution in [1.82, 2.24) is 10.2 Å². The van der Waals surface area contributed by atoms with Crippen molar-refractivity contribution in [2.24, 2.45) is 5.92 Å². The number of hydrogen-bond acceptors (Lipinski definition) is 3. The van der Waals surface area contributed by atoms with Gasteiger partial charge in [-0.05, 0) is 12.8 Å². The van der Waals surface area contributed by atoms with Gasteiger partial charge in [0.15, 0.2) is 0 Å². The predicted octanol–water partition coefficient (Wildman–Crippen LogP) is -0.894. The molecule has 1 heterocycles. The van der Waals surface area contributed by atoms with Crippen LogP contribution < -0.4 is 5.32 Å². The Morgan fingerprint density at radius 1 is 1.53 bits per heavy atom. The fourth-order valence-electron chi connectivity index (χ4n) is 1.98. The highest BCUT2D eigenvalue weighted by Gasteiger charge is 2.37. The van der Waals surface area contributed by atoms with E-state index < -0.39 is 0 Å². The fraction of sp³-hybridized carbons (Fsp3) is 0.800. The first-order chi connectivity index (χ1) is 7.22. The van der Waals surface area contributed by atoms with Crippen molar-refractivity contribution in [3.8, 4) is 0 Å². The topological polar surface area (TPSA) is 69.6 Å². The van der Waals surface area contributed by atoms with Crippen LogP contribution in [0.1, 0.15) is 19.3 Å². The Balaban J connectivity index is 1.94. The molecule has 2 N–H and O–H groups in total. The van der Waals surface area contributed by atoms with E-state index in [0.717, 1.165) is 12.8 Å². The van der Waals surface area contributed by atoms with Gasteiger partial charge in [-0.1, -0.05) is 0 Å². The van der Waals surface area contributed by atoms with Crippen LogP contribution in [0.5, 0.6) is 0 Å². The lowest BCUT2D eigenvalue weighted by Gasteiger charge is -2.23. The number of hydrogen-bond donors (Lipinski definition) is 2. The van der Waals surface area contributed by atoms with Crippen molar-refractivity contribution in [2.75, 3.05) is 19.7 Å². The van der Waals surface area contributed by atoms with E-state index in [4.69, 9.17) is 5.11 Å². The van der Waals surface area contributed by atoms with Gasteiger partial charge < -0.3 is 15.3 Å². The Hall–Kier alpha value is -1.10. The van der Waals surface area contributed by atoms with Gasteiger partial charge in [0.05, 0.1) is 12.5 Å². The van der Waals surface area contributed by atoms with Gasteiger partial charge in [-0.2, -0.15) is 0 Å². The van der Waals surface area contributed by atoms with Crippen LogP contribution in [-0.2, 0) is 9.59 Å². The molecule has 1 saturated heterocycles. The molecule has 5 heteroatoms. The molecule has 1 aliphatic heterocycles. The van der Waals surface area contributed by atoms with Gasteiger partial charge in [0.1, 0.15) is 0 Å². The average molecular weight is 212 g/mol. The lowest BCUT2D eigenvalue weighted by atomic mass is 10.1. The molecule has 1 saturated carbocycles. The maximum Gasteiger partial charge on any atom is 0.228 e. The molecule has 84 valence electrons. The standard InChI is InChI=1S/C10H16N2O3/c13-4-3-12(8-1-2-8)10(15)7-5-9(14)11-6-7/h7-8,13H,1-6H2,(H,11,14). The first kappa shape index (κ1) is 10.4. The third-order valence-corrected chi connectivity index (χ3v) is 2.94. The summed E-state index contributed by atoms with van der Waals surface area (Å²) >= 11 is 0. The molecule has 2 aliphatic rings. The zero-order valence-electron chi connectivity index (χ0n) is 8.61. The van der Waals surface area contributed by atoms with Gasteiger partial charge in [0, 0.05) is 25.6 Å². The highest BCUT2D eigenvalue weighted by molar-refractivity contribution is 5.89. The molecular formula is C10H16N2O3. The predicted molar refractivity (Wildman–Crippen MR) is 52.9 cm³/mol. The third kappa shape index (κ3) is 2.28. The van der Waals surface area contributed by atoms with E-state index in [2.05, 4.69) is 5.32 Å². The van der Waals surface area contributed by atoms with E-state index in [1.165, 1.54) is 0 Å². The van der Waals surface area contributed by atoms with E-state index in [-0.39, 0.29) is 24.3 Å². The van der Waals surface area contributed by atoms with Gasteiger partial charge in [-0.3, -0.25) is 9.59 Å². The second kappa shape index (κ2) is 4.18. The van der Waals surface area contributed by atoms with E-state index in [0.29, 0.717) is 25.6 Å². The number of nitrogens with one attached hydrogen (secondary N) is 1. The van der Waals surface area contributed by atoms with Crippen molar-refractivity contribution in [2.45, 2.75) is 25.3 Å². The Bertz CT molecular complexity index is 276. The third-order valence-electron chi connectivity index (χ3n) is 2.94. The largest absolute Gasteiger partial charge is 0.395 e. The van der Waals surface area contributed by atoms with Crippen LogP contribution in [0.25, 0.3) is 0 Å². The fourth-order valence-corrected chi connectivity index (χ4v) is 1.98. The molecule has 0 aromatic rings. The molecule has 5 nitrogen and oxygen atoms in total. The molecule has 0 radical (unpaired) electrons. The Morgan fingerprint density at radius 3 is 2.73 bits per heavy atom. The molecule has 2 fully saturated rings. The number of amides is 2. The van der Waals surface area contributed by atoms with E-state index in [9.17, 15) is 9.59 Å². The normalized spacial score (nSPS) is 25.1. The molecule has 2 rings (SSSR count). The maximum absolute atomic E-state index is 12.0. The van der Waals surface area contributed by atoms with E-state index in [1.54, 1.807) is 4.90 Å². The summed E-state index contributed by atoms with van der Waals surface area (Å²) in [5.74, 6) is -0.248. The van der Waals surface area contributed by atoms with Crippen molar-refractivity contribution < 1.29 is 14.7 Å². The summed E-state index contributed by atoms with van der Waals surface area (Å²) in [5, 5.41) is 11.5. The van der Waals surface area contributed by atoms with Crippen molar-refractivity contribution in [1.29, 1.82) is 0 Å². The lowest BCUT2D eigenvalue weighted by molar-refractivity contribution is -0.136. The molecule has 1 atom stereocenters. The van der Waals surface area contributed by atoms with Gasteiger partial charge in [0.2, 0.25) is 11.8 Å². The summed E-state index contributed by atoms with van der Waals surface area (Å²) in [4.78, 5) is 24.7. The highest BCUT2D eigenvalue weighted by atomic mass is 16.3. The minimum Gasteiger partial charge on any atom is -0.395 e.